The number of oxazole rings is 1. The van der Waals surface area contributed by atoms with E-state index in [9.17, 15) is 8.42 Å². The molecule has 0 amide bonds. The van der Waals surface area contributed by atoms with Crippen LogP contribution < -0.4 is 5.32 Å². The first kappa shape index (κ1) is 17.1. The van der Waals surface area contributed by atoms with Crippen molar-refractivity contribution in [2.24, 2.45) is 0 Å². The fourth-order valence-corrected chi connectivity index (χ4v) is 4.22. The molecule has 1 atom stereocenters. The van der Waals surface area contributed by atoms with Crippen molar-refractivity contribution in [3.63, 3.8) is 0 Å². The minimum absolute atomic E-state index is 0.0310. The lowest BCUT2D eigenvalue weighted by molar-refractivity contribution is 0.373. The molecule has 0 aliphatic carbocycles. The molecule has 0 saturated carbocycles. The zero-order valence-corrected chi connectivity index (χ0v) is 14.8. The van der Waals surface area contributed by atoms with Gasteiger partial charge in [0.2, 0.25) is 15.9 Å². The summed E-state index contributed by atoms with van der Waals surface area (Å²) >= 11 is 0. The standard InChI is InChI=1S/C17H23N3O3S/c1-13-5-7-14(8-6-13)17-19-15(12-23-17)10-18-11-16-4-3-9-20(16)24(2,21)22/h5-8,12,16,18H,3-4,9-11H2,1-2H3/t16-/m1/s1. The predicted molar refractivity (Wildman–Crippen MR) is 93.0 cm³/mol. The van der Waals surface area contributed by atoms with Gasteiger partial charge in [-0.1, -0.05) is 17.7 Å². The van der Waals surface area contributed by atoms with Gasteiger partial charge in [-0.25, -0.2) is 13.4 Å². The minimum atomic E-state index is -3.12. The Bertz CT molecular complexity index is 784. The normalized spacial score (nSPS) is 19.0. The highest BCUT2D eigenvalue weighted by Gasteiger charge is 2.30. The number of nitrogens with one attached hydrogen (secondary N) is 1. The molecule has 2 heterocycles. The maximum Gasteiger partial charge on any atom is 0.226 e. The van der Waals surface area contributed by atoms with Crippen molar-refractivity contribution in [2.45, 2.75) is 32.4 Å². The van der Waals surface area contributed by atoms with Crippen molar-refractivity contribution < 1.29 is 12.8 Å². The van der Waals surface area contributed by atoms with E-state index in [0.29, 0.717) is 25.5 Å². The SMILES string of the molecule is Cc1ccc(-c2nc(CNC[C@H]3CCCN3S(C)(=O)=O)co2)cc1. The van der Waals surface area contributed by atoms with Gasteiger partial charge < -0.3 is 9.73 Å². The van der Waals surface area contributed by atoms with Gasteiger partial charge in [-0.3, -0.25) is 0 Å². The van der Waals surface area contributed by atoms with Crippen LogP contribution in [0.25, 0.3) is 11.5 Å². The van der Waals surface area contributed by atoms with E-state index < -0.39 is 10.0 Å². The molecule has 0 bridgehead atoms. The van der Waals surface area contributed by atoms with E-state index in [2.05, 4.69) is 10.3 Å². The minimum Gasteiger partial charge on any atom is -0.444 e. The molecule has 3 rings (SSSR count). The van der Waals surface area contributed by atoms with Gasteiger partial charge in [0.05, 0.1) is 11.9 Å². The number of hydrogen-bond acceptors (Lipinski definition) is 5. The maximum absolute atomic E-state index is 11.7. The zero-order valence-electron chi connectivity index (χ0n) is 14.0. The number of rotatable bonds is 6. The van der Waals surface area contributed by atoms with Crippen LogP contribution >= 0.6 is 0 Å². The highest BCUT2D eigenvalue weighted by Crippen LogP contribution is 2.21. The van der Waals surface area contributed by atoms with E-state index in [1.165, 1.54) is 11.8 Å². The smallest absolute Gasteiger partial charge is 0.226 e. The summed E-state index contributed by atoms with van der Waals surface area (Å²) in [4.78, 5) is 4.48. The first-order chi connectivity index (χ1) is 11.4. The molecule has 7 heteroatoms. The Labute approximate surface area is 142 Å². The quantitative estimate of drug-likeness (QED) is 0.865. The van der Waals surface area contributed by atoms with E-state index >= 15 is 0 Å². The molecule has 6 nitrogen and oxygen atoms in total. The van der Waals surface area contributed by atoms with Crippen LogP contribution in [0, 0.1) is 6.92 Å². The number of aromatic nitrogens is 1. The van der Waals surface area contributed by atoms with Crippen molar-refractivity contribution in [1.29, 1.82) is 0 Å². The van der Waals surface area contributed by atoms with Crippen molar-refractivity contribution in [3.05, 3.63) is 41.8 Å². The van der Waals surface area contributed by atoms with Crippen LogP contribution in [0.15, 0.2) is 34.9 Å². The molecule has 1 saturated heterocycles. The molecule has 0 spiro atoms. The molecule has 0 radical (unpaired) electrons. The predicted octanol–water partition coefficient (Wildman–Crippen LogP) is 2.16. The lowest BCUT2D eigenvalue weighted by atomic mass is 10.1. The summed E-state index contributed by atoms with van der Waals surface area (Å²) in [6.07, 6.45) is 4.73. The molecule has 0 unspecified atom stereocenters. The molecule has 1 fully saturated rings. The first-order valence-corrected chi connectivity index (χ1v) is 9.97. The number of sulfonamides is 1. The van der Waals surface area contributed by atoms with Crippen LogP contribution in [0.2, 0.25) is 0 Å². The van der Waals surface area contributed by atoms with Crippen molar-refractivity contribution >= 4 is 10.0 Å². The lowest BCUT2D eigenvalue weighted by Gasteiger charge is -2.22. The van der Waals surface area contributed by atoms with Crippen LogP contribution in [0.4, 0.5) is 0 Å². The lowest BCUT2D eigenvalue weighted by Crippen LogP contribution is -2.40. The summed E-state index contributed by atoms with van der Waals surface area (Å²) < 4.78 is 30.6. The molecule has 1 N–H and O–H groups in total. The Morgan fingerprint density at radius 2 is 2.08 bits per heavy atom. The fraction of sp³-hybridized carbons (Fsp3) is 0.471. The monoisotopic (exact) mass is 349 g/mol. The van der Waals surface area contributed by atoms with Crippen LogP contribution in [-0.4, -0.2) is 43.1 Å². The Morgan fingerprint density at radius 3 is 2.79 bits per heavy atom. The maximum atomic E-state index is 11.7. The molecular formula is C17H23N3O3S. The molecule has 24 heavy (non-hydrogen) atoms. The third kappa shape index (κ3) is 4.03. The van der Waals surface area contributed by atoms with Gasteiger partial charge in [-0.15, -0.1) is 0 Å². The van der Waals surface area contributed by atoms with Crippen LogP contribution in [-0.2, 0) is 16.6 Å². The average molecular weight is 349 g/mol. The largest absolute Gasteiger partial charge is 0.444 e. The van der Waals surface area contributed by atoms with Crippen molar-refractivity contribution in [3.8, 4) is 11.5 Å². The Morgan fingerprint density at radius 1 is 1.33 bits per heavy atom. The Kier molecular flexibility index (Phi) is 5.03. The van der Waals surface area contributed by atoms with Gasteiger partial charge in [0, 0.05) is 31.2 Å². The van der Waals surface area contributed by atoms with E-state index in [1.54, 1.807) is 10.6 Å². The van der Waals surface area contributed by atoms with Crippen LogP contribution in [0.1, 0.15) is 24.1 Å². The highest BCUT2D eigenvalue weighted by atomic mass is 32.2. The summed E-state index contributed by atoms with van der Waals surface area (Å²) in [7, 11) is -3.12. The van der Waals surface area contributed by atoms with Gasteiger partial charge in [-0.2, -0.15) is 4.31 Å². The fourth-order valence-electron chi connectivity index (χ4n) is 3.03. The Balaban J connectivity index is 1.55. The third-order valence-corrected chi connectivity index (χ3v) is 5.62. The van der Waals surface area contributed by atoms with Crippen LogP contribution in [0.3, 0.4) is 0 Å². The summed E-state index contributed by atoms with van der Waals surface area (Å²) in [5, 5.41) is 3.29. The second kappa shape index (κ2) is 7.04. The topological polar surface area (TPSA) is 75.4 Å². The molecule has 1 aliphatic heterocycles. The summed E-state index contributed by atoms with van der Waals surface area (Å²) in [5.41, 5.74) is 2.96. The highest BCUT2D eigenvalue weighted by molar-refractivity contribution is 7.88. The van der Waals surface area contributed by atoms with Crippen LogP contribution in [0.5, 0.6) is 0 Å². The van der Waals surface area contributed by atoms with E-state index in [0.717, 1.165) is 24.1 Å². The number of nitrogens with zero attached hydrogens (tertiary/aromatic N) is 2. The second-order valence-corrected chi connectivity index (χ2v) is 8.25. The van der Waals surface area contributed by atoms with Gasteiger partial charge in [0.25, 0.3) is 0 Å². The molecule has 1 aromatic heterocycles. The second-order valence-electron chi connectivity index (χ2n) is 6.31. The van der Waals surface area contributed by atoms with Gasteiger partial charge >= 0.3 is 0 Å². The van der Waals surface area contributed by atoms with Gasteiger partial charge in [-0.05, 0) is 31.9 Å². The van der Waals surface area contributed by atoms with E-state index in [1.807, 2.05) is 31.2 Å². The molecule has 1 aromatic carbocycles. The van der Waals surface area contributed by atoms with Gasteiger partial charge in [0.15, 0.2) is 0 Å². The molecule has 2 aromatic rings. The van der Waals surface area contributed by atoms with Crippen molar-refractivity contribution in [1.82, 2.24) is 14.6 Å². The zero-order chi connectivity index (χ0) is 17.2. The number of hydrogen-bond donors (Lipinski definition) is 1. The summed E-state index contributed by atoms with van der Waals surface area (Å²) in [6, 6.07) is 8.06. The van der Waals surface area contributed by atoms with E-state index in [-0.39, 0.29) is 6.04 Å². The van der Waals surface area contributed by atoms with Gasteiger partial charge in [0.1, 0.15) is 6.26 Å². The first-order valence-electron chi connectivity index (χ1n) is 8.12. The number of aryl methyl sites for hydroxylation is 1. The summed E-state index contributed by atoms with van der Waals surface area (Å²) in [5.74, 6) is 0.602. The molecule has 1 aliphatic rings. The number of benzene rings is 1. The Hall–Kier alpha value is -1.70. The van der Waals surface area contributed by atoms with E-state index in [4.69, 9.17) is 4.42 Å². The average Bonchev–Trinajstić information content (AvgIpc) is 3.17. The molecular weight excluding hydrogens is 326 g/mol. The summed E-state index contributed by atoms with van der Waals surface area (Å²) in [6.45, 7) is 3.84. The third-order valence-electron chi connectivity index (χ3n) is 4.29. The molecule has 130 valence electrons. The van der Waals surface area contributed by atoms with Crippen molar-refractivity contribution in [2.75, 3.05) is 19.3 Å².